The number of benzene rings is 2. The van der Waals surface area contributed by atoms with E-state index in [1.54, 1.807) is 12.1 Å². The Kier molecular flexibility index (Phi) is 5.65. The third kappa shape index (κ3) is 3.23. The number of phenolic OH excluding ortho intramolecular Hbond substituents is 1. The number of hydrogen-bond acceptors (Lipinski definition) is 6. The first-order valence-corrected chi connectivity index (χ1v) is 13.1. The molecular formula is C28H23Cl2FN2O6. The van der Waals surface area contributed by atoms with Crippen LogP contribution < -0.4 is 9.64 Å². The summed E-state index contributed by atoms with van der Waals surface area (Å²) in [5.41, 5.74) is 1.08. The molecule has 2 aromatic carbocycles. The van der Waals surface area contributed by atoms with Crippen molar-refractivity contribution in [1.29, 1.82) is 0 Å². The number of aromatic hydroxyl groups is 1. The fraction of sp³-hybridized carbons (Fsp3) is 0.357. The van der Waals surface area contributed by atoms with Crippen LogP contribution in [-0.4, -0.2) is 57.5 Å². The Morgan fingerprint density at radius 1 is 1.00 bits per heavy atom. The monoisotopic (exact) mass is 572 g/mol. The minimum atomic E-state index is -2.06. The van der Waals surface area contributed by atoms with Gasteiger partial charge in [0, 0.05) is 13.0 Å². The average Bonchev–Trinajstić information content (AvgIpc) is 3.22. The van der Waals surface area contributed by atoms with Crippen LogP contribution in [0.3, 0.4) is 0 Å². The number of allylic oxidation sites excluding steroid dienone is 2. The lowest BCUT2D eigenvalue weighted by molar-refractivity contribution is -0.138. The molecule has 8 nitrogen and oxygen atoms in total. The molecule has 4 amide bonds. The van der Waals surface area contributed by atoms with Crippen molar-refractivity contribution in [3.05, 3.63) is 65.5 Å². The Morgan fingerprint density at radius 2 is 1.69 bits per heavy atom. The molecule has 2 aromatic rings. The van der Waals surface area contributed by atoms with Crippen molar-refractivity contribution >= 4 is 52.5 Å². The van der Waals surface area contributed by atoms with Gasteiger partial charge in [0.1, 0.15) is 5.82 Å². The Bertz CT molecular complexity index is 1500. The van der Waals surface area contributed by atoms with Crippen molar-refractivity contribution < 1.29 is 33.4 Å². The van der Waals surface area contributed by atoms with Crippen LogP contribution in [0.25, 0.3) is 0 Å². The quantitative estimate of drug-likeness (QED) is 0.341. The molecule has 0 aromatic heterocycles. The number of imide groups is 2. The predicted molar refractivity (Wildman–Crippen MR) is 139 cm³/mol. The van der Waals surface area contributed by atoms with Crippen LogP contribution >= 0.6 is 23.2 Å². The van der Waals surface area contributed by atoms with Crippen molar-refractivity contribution in [3.63, 3.8) is 0 Å². The van der Waals surface area contributed by atoms with Crippen LogP contribution in [0.5, 0.6) is 11.5 Å². The topological polar surface area (TPSA) is 104 Å². The summed E-state index contributed by atoms with van der Waals surface area (Å²) in [4.78, 5) is 52.2. The highest BCUT2D eigenvalue weighted by Crippen LogP contribution is 2.66. The Balaban J connectivity index is 1.58. The number of carbonyl (C=O) groups is 4. The second-order valence-electron chi connectivity index (χ2n) is 10.4. The fourth-order valence-corrected chi connectivity index (χ4v) is 7.75. The molecule has 202 valence electrons. The number of methoxy groups -OCH3 is 1. The summed E-state index contributed by atoms with van der Waals surface area (Å²) in [6.07, 6.45) is 1.88. The molecule has 2 heterocycles. The van der Waals surface area contributed by atoms with Gasteiger partial charge in [0.25, 0.3) is 11.8 Å². The molecule has 0 bridgehead atoms. The third-order valence-corrected chi connectivity index (χ3v) is 10.1. The number of likely N-dealkylation sites (tertiary alicyclic amines) is 1. The molecule has 6 unspecified atom stereocenters. The lowest BCUT2D eigenvalue weighted by Crippen LogP contribution is -2.60. The first-order valence-electron chi connectivity index (χ1n) is 12.4. The van der Waals surface area contributed by atoms with Gasteiger partial charge in [-0.25, -0.2) is 9.29 Å². The first kappa shape index (κ1) is 25.8. The van der Waals surface area contributed by atoms with Crippen molar-refractivity contribution in [2.75, 3.05) is 19.1 Å². The summed E-state index contributed by atoms with van der Waals surface area (Å²) in [5.74, 6) is -6.00. The van der Waals surface area contributed by atoms with Crippen LogP contribution in [0.15, 0.2) is 54.1 Å². The zero-order valence-electron chi connectivity index (χ0n) is 20.9. The molecule has 3 fully saturated rings. The molecule has 1 N–H and O–H groups in total. The van der Waals surface area contributed by atoms with Gasteiger partial charge in [-0.1, -0.05) is 17.7 Å². The van der Waals surface area contributed by atoms with E-state index in [2.05, 4.69) is 0 Å². The summed E-state index contributed by atoms with van der Waals surface area (Å²) >= 11 is 14.5. The number of anilines is 1. The van der Waals surface area contributed by atoms with E-state index in [0.29, 0.717) is 11.1 Å². The van der Waals surface area contributed by atoms with E-state index in [1.807, 2.05) is 0 Å². The van der Waals surface area contributed by atoms with E-state index in [0.717, 1.165) is 21.9 Å². The lowest BCUT2D eigenvalue weighted by atomic mass is 9.56. The summed E-state index contributed by atoms with van der Waals surface area (Å²) < 4.78 is 18.8. The van der Waals surface area contributed by atoms with Gasteiger partial charge in [-0.05, 0) is 60.7 Å². The molecule has 4 aliphatic rings. The highest BCUT2D eigenvalue weighted by molar-refractivity contribution is 6.58. The maximum absolute atomic E-state index is 14.2. The Labute approximate surface area is 232 Å². The third-order valence-electron chi connectivity index (χ3n) is 8.65. The highest BCUT2D eigenvalue weighted by atomic mass is 35.5. The summed E-state index contributed by atoms with van der Waals surface area (Å²) in [7, 11) is 2.81. The second kappa shape index (κ2) is 8.53. The number of nitrogens with zero attached hydrogens (tertiary/aromatic N) is 2. The molecule has 1 saturated carbocycles. The maximum Gasteiger partial charge on any atom is 0.258 e. The molecule has 2 aliphatic heterocycles. The molecule has 0 radical (unpaired) electrons. The average molecular weight is 573 g/mol. The Morgan fingerprint density at radius 3 is 2.33 bits per heavy atom. The van der Waals surface area contributed by atoms with Gasteiger partial charge in [0.2, 0.25) is 11.8 Å². The first-order chi connectivity index (χ1) is 18.5. The normalized spacial score (nSPS) is 33.6. The van der Waals surface area contributed by atoms with E-state index in [-0.39, 0.29) is 41.8 Å². The SMILES string of the molecule is COc1ccc(C2C3=CCC4C(=O)N(C)C(=O)C4C3CC3(Cl)C(=O)N(c4ccc(F)cc4)C(=O)C23Cl)cc1O. The van der Waals surface area contributed by atoms with Gasteiger partial charge in [-0.2, -0.15) is 0 Å². The van der Waals surface area contributed by atoms with E-state index in [9.17, 15) is 28.7 Å². The van der Waals surface area contributed by atoms with E-state index in [4.69, 9.17) is 27.9 Å². The van der Waals surface area contributed by atoms with E-state index in [1.165, 1.54) is 38.4 Å². The molecule has 11 heteroatoms. The van der Waals surface area contributed by atoms with Crippen molar-refractivity contribution in [2.45, 2.75) is 28.5 Å². The molecule has 6 atom stereocenters. The number of amides is 4. The van der Waals surface area contributed by atoms with Crippen molar-refractivity contribution in [2.24, 2.45) is 17.8 Å². The van der Waals surface area contributed by atoms with Gasteiger partial charge < -0.3 is 9.84 Å². The van der Waals surface area contributed by atoms with E-state index < -0.39 is 51.1 Å². The summed E-state index contributed by atoms with van der Waals surface area (Å²) in [5, 5.41) is 10.6. The molecule has 39 heavy (non-hydrogen) atoms. The van der Waals surface area contributed by atoms with Gasteiger partial charge in [-0.15, -0.1) is 23.2 Å². The number of carbonyl (C=O) groups excluding carboxylic acids is 4. The van der Waals surface area contributed by atoms with Crippen LogP contribution in [0.1, 0.15) is 24.3 Å². The van der Waals surface area contributed by atoms with Gasteiger partial charge in [0.05, 0.1) is 24.6 Å². The number of alkyl halides is 2. The van der Waals surface area contributed by atoms with Crippen LogP contribution in [0.4, 0.5) is 10.1 Å². The zero-order valence-corrected chi connectivity index (χ0v) is 22.4. The standard InChI is InChI=1S/C28H23Cl2FN2O6/c1-32-23(35)17-9-8-16-18(21(17)24(32)36)12-27(29)25(37)33(15-6-4-14(31)5-7-15)26(38)28(27,30)22(16)13-3-10-20(39-2)19(34)11-13/h3-8,10-11,17-18,21-22,34H,9,12H2,1-2H3. The minimum absolute atomic E-state index is 0.0962. The number of phenols is 1. The maximum atomic E-state index is 14.2. The lowest BCUT2D eigenvalue weighted by Gasteiger charge is -2.50. The molecular weight excluding hydrogens is 550 g/mol. The number of fused-ring (bicyclic) bond motifs is 4. The summed E-state index contributed by atoms with van der Waals surface area (Å²) in [6, 6.07) is 9.32. The van der Waals surface area contributed by atoms with Crippen LogP contribution in [0.2, 0.25) is 0 Å². The number of hydrogen-bond donors (Lipinski definition) is 1. The van der Waals surface area contributed by atoms with Crippen LogP contribution in [0, 0.1) is 23.6 Å². The van der Waals surface area contributed by atoms with E-state index >= 15 is 0 Å². The van der Waals surface area contributed by atoms with Gasteiger partial charge in [-0.3, -0.25) is 24.1 Å². The molecule has 2 saturated heterocycles. The highest BCUT2D eigenvalue weighted by Gasteiger charge is 2.76. The predicted octanol–water partition coefficient (Wildman–Crippen LogP) is 3.73. The van der Waals surface area contributed by atoms with Gasteiger partial charge >= 0.3 is 0 Å². The minimum Gasteiger partial charge on any atom is -0.504 e. The molecule has 6 rings (SSSR count). The molecule has 2 aliphatic carbocycles. The van der Waals surface area contributed by atoms with Crippen molar-refractivity contribution in [3.8, 4) is 11.5 Å². The molecule has 0 spiro atoms. The number of rotatable bonds is 3. The van der Waals surface area contributed by atoms with Crippen LogP contribution in [-0.2, 0) is 19.2 Å². The zero-order chi connectivity index (χ0) is 28.0. The second-order valence-corrected chi connectivity index (χ2v) is 11.7. The smallest absolute Gasteiger partial charge is 0.258 e. The largest absolute Gasteiger partial charge is 0.504 e. The fourth-order valence-electron chi connectivity index (χ4n) is 6.82. The van der Waals surface area contributed by atoms with Gasteiger partial charge in [0.15, 0.2) is 21.2 Å². The Hall–Kier alpha value is -3.43. The summed E-state index contributed by atoms with van der Waals surface area (Å²) in [6.45, 7) is 0. The number of halogens is 3. The van der Waals surface area contributed by atoms with Crippen molar-refractivity contribution in [1.82, 2.24) is 4.90 Å². The number of ether oxygens (including phenoxy) is 1.